The normalized spacial score (nSPS) is 12.5. The minimum Gasteiger partial charge on any atom is -0.486 e. The third-order valence-electron chi connectivity index (χ3n) is 3.31. The van der Waals surface area contributed by atoms with E-state index < -0.39 is 0 Å². The van der Waals surface area contributed by atoms with Crippen molar-refractivity contribution in [2.75, 3.05) is 30.9 Å². The summed E-state index contributed by atoms with van der Waals surface area (Å²) < 4.78 is 16.6. The van der Waals surface area contributed by atoms with Gasteiger partial charge in [0.05, 0.1) is 24.5 Å². The zero-order valence-electron chi connectivity index (χ0n) is 14.1. The van der Waals surface area contributed by atoms with Gasteiger partial charge in [0.2, 0.25) is 5.91 Å². The van der Waals surface area contributed by atoms with Crippen LogP contribution in [0.2, 0.25) is 0 Å². The summed E-state index contributed by atoms with van der Waals surface area (Å²) >= 11 is 2.73. The molecule has 0 aliphatic carbocycles. The fraction of sp³-hybridized carbons (Fsp3) is 0.353. The van der Waals surface area contributed by atoms with E-state index in [0.29, 0.717) is 42.7 Å². The molecule has 0 spiro atoms. The van der Waals surface area contributed by atoms with Gasteiger partial charge in [-0.1, -0.05) is 11.8 Å². The van der Waals surface area contributed by atoms with E-state index in [1.165, 1.54) is 23.1 Å². The topological polar surface area (TPSA) is 86.8 Å². The number of nitrogens with one attached hydrogen (secondary N) is 1. The first-order valence-corrected chi connectivity index (χ1v) is 9.93. The van der Waals surface area contributed by atoms with Crippen molar-refractivity contribution in [1.29, 1.82) is 0 Å². The third-order valence-corrected chi connectivity index (χ3v) is 5.38. The first-order valence-electron chi connectivity index (χ1n) is 8.06. The minimum atomic E-state index is -0.300. The van der Waals surface area contributed by atoms with Crippen LogP contribution < -0.4 is 14.8 Å². The molecule has 0 fully saturated rings. The summed E-state index contributed by atoms with van der Waals surface area (Å²) in [6.07, 6.45) is 0.147. The van der Waals surface area contributed by atoms with E-state index in [0.717, 1.165) is 4.34 Å². The quantitative estimate of drug-likeness (QED) is 0.571. The van der Waals surface area contributed by atoms with Crippen LogP contribution >= 0.6 is 23.1 Å². The molecule has 0 unspecified atom stereocenters. The average Bonchev–Trinajstić information content (AvgIpc) is 3.07. The van der Waals surface area contributed by atoms with Crippen molar-refractivity contribution in [3.63, 3.8) is 0 Å². The van der Waals surface area contributed by atoms with E-state index in [4.69, 9.17) is 14.2 Å². The Labute approximate surface area is 159 Å². The Morgan fingerprint density at radius 1 is 1.31 bits per heavy atom. The van der Waals surface area contributed by atoms with Gasteiger partial charge in [0, 0.05) is 17.1 Å². The summed E-state index contributed by atoms with van der Waals surface area (Å²) in [5.74, 6) is 1.09. The van der Waals surface area contributed by atoms with Crippen molar-refractivity contribution >= 4 is 40.7 Å². The van der Waals surface area contributed by atoms with E-state index in [-0.39, 0.29) is 24.1 Å². The van der Waals surface area contributed by atoms with Crippen molar-refractivity contribution in [2.24, 2.45) is 0 Å². The van der Waals surface area contributed by atoms with Gasteiger partial charge in [-0.15, -0.1) is 11.3 Å². The first-order chi connectivity index (χ1) is 12.6. The number of carbonyl (C=O) groups excluding carboxylic acids is 2. The third kappa shape index (κ3) is 5.12. The summed E-state index contributed by atoms with van der Waals surface area (Å²) in [5, 5.41) is 4.63. The molecule has 0 atom stereocenters. The molecular weight excluding hydrogens is 376 g/mol. The number of hydrogen-bond donors (Lipinski definition) is 1. The second-order valence-corrected chi connectivity index (χ2v) is 7.36. The number of anilines is 1. The SMILES string of the molecule is CCOC(=O)Cc1csc(SCC(=O)Nc2ccc3c(c2)OCCO3)n1. The lowest BCUT2D eigenvalue weighted by Gasteiger charge is -2.18. The van der Waals surface area contributed by atoms with Crippen LogP contribution in [0, 0.1) is 0 Å². The predicted molar refractivity (Wildman–Crippen MR) is 99.2 cm³/mol. The number of carbonyl (C=O) groups is 2. The highest BCUT2D eigenvalue weighted by Gasteiger charge is 2.14. The number of fused-ring (bicyclic) bond motifs is 1. The smallest absolute Gasteiger partial charge is 0.311 e. The van der Waals surface area contributed by atoms with Gasteiger partial charge < -0.3 is 19.5 Å². The summed E-state index contributed by atoms with van der Waals surface area (Å²) in [4.78, 5) is 27.9. The monoisotopic (exact) mass is 394 g/mol. The van der Waals surface area contributed by atoms with Gasteiger partial charge in [0.1, 0.15) is 13.2 Å². The number of amides is 1. The van der Waals surface area contributed by atoms with Crippen molar-refractivity contribution in [1.82, 2.24) is 4.98 Å². The molecular formula is C17H18N2O5S2. The van der Waals surface area contributed by atoms with Crippen LogP contribution in [0.25, 0.3) is 0 Å². The Morgan fingerprint density at radius 3 is 2.92 bits per heavy atom. The van der Waals surface area contributed by atoms with Gasteiger partial charge in [-0.05, 0) is 19.1 Å². The highest BCUT2D eigenvalue weighted by atomic mass is 32.2. The minimum absolute atomic E-state index is 0.145. The zero-order chi connectivity index (χ0) is 18.4. The van der Waals surface area contributed by atoms with Crippen LogP contribution in [0.3, 0.4) is 0 Å². The molecule has 1 aliphatic rings. The van der Waals surface area contributed by atoms with E-state index in [1.807, 2.05) is 0 Å². The Hall–Kier alpha value is -2.26. The molecule has 0 bridgehead atoms. The Bertz CT molecular complexity index is 793. The van der Waals surface area contributed by atoms with Crippen LogP contribution in [-0.2, 0) is 20.7 Å². The van der Waals surface area contributed by atoms with Crippen LogP contribution in [0.1, 0.15) is 12.6 Å². The van der Waals surface area contributed by atoms with Crippen LogP contribution in [0.4, 0.5) is 5.69 Å². The second-order valence-electron chi connectivity index (χ2n) is 5.28. The van der Waals surface area contributed by atoms with Gasteiger partial charge in [0.25, 0.3) is 0 Å². The second kappa shape index (κ2) is 8.91. The fourth-order valence-electron chi connectivity index (χ4n) is 2.24. The molecule has 1 N–H and O–H groups in total. The highest BCUT2D eigenvalue weighted by molar-refractivity contribution is 8.01. The molecule has 2 heterocycles. The summed E-state index contributed by atoms with van der Waals surface area (Å²) in [7, 11) is 0. The van der Waals surface area contributed by atoms with E-state index >= 15 is 0 Å². The molecule has 0 saturated heterocycles. The Kier molecular flexibility index (Phi) is 6.35. The number of nitrogens with zero attached hydrogens (tertiary/aromatic N) is 1. The molecule has 1 aromatic carbocycles. The van der Waals surface area contributed by atoms with Crippen LogP contribution in [-0.4, -0.2) is 42.4 Å². The zero-order valence-corrected chi connectivity index (χ0v) is 15.8. The number of thioether (sulfide) groups is 1. The van der Waals surface area contributed by atoms with E-state index in [2.05, 4.69) is 10.3 Å². The number of thiazole rings is 1. The summed E-state index contributed by atoms with van der Waals surface area (Å²) in [5.41, 5.74) is 1.31. The summed E-state index contributed by atoms with van der Waals surface area (Å²) in [6.45, 7) is 3.14. The molecule has 2 aromatic rings. The predicted octanol–water partition coefficient (Wildman–Crippen LogP) is 2.75. The maximum Gasteiger partial charge on any atom is 0.311 e. The molecule has 1 amide bonds. The molecule has 26 heavy (non-hydrogen) atoms. The lowest BCUT2D eigenvalue weighted by atomic mass is 10.2. The molecule has 9 heteroatoms. The Balaban J connectivity index is 1.48. The molecule has 1 aromatic heterocycles. The van der Waals surface area contributed by atoms with Gasteiger partial charge in [-0.2, -0.15) is 0 Å². The number of hydrogen-bond acceptors (Lipinski definition) is 8. The average molecular weight is 394 g/mol. The van der Waals surface area contributed by atoms with Gasteiger partial charge >= 0.3 is 5.97 Å². The van der Waals surface area contributed by atoms with Crippen molar-refractivity contribution in [2.45, 2.75) is 17.7 Å². The Morgan fingerprint density at radius 2 is 2.12 bits per heavy atom. The number of esters is 1. The molecule has 7 nitrogen and oxygen atoms in total. The number of ether oxygens (including phenoxy) is 3. The molecule has 1 aliphatic heterocycles. The largest absolute Gasteiger partial charge is 0.486 e. The number of aromatic nitrogens is 1. The van der Waals surface area contributed by atoms with Crippen LogP contribution in [0.5, 0.6) is 11.5 Å². The maximum atomic E-state index is 12.1. The number of benzene rings is 1. The molecule has 138 valence electrons. The van der Waals surface area contributed by atoms with E-state index in [9.17, 15) is 9.59 Å². The van der Waals surface area contributed by atoms with Crippen LogP contribution in [0.15, 0.2) is 27.9 Å². The van der Waals surface area contributed by atoms with Gasteiger partial charge in [0.15, 0.2) is 15.8 Å². The van der Waals surface area contributed by atoms with Gasteiger partial charge in [-0.3, -0.25) is 9.59 Å². The highest BCUT2D eigenvalue weighted by Crippen LogP contribution is 2.32. The maximum absolute atomic E-state index is 12.1. The van der Waals surface area contributed by atoms with Crippen molar-refractivity contribution in [3.8, 4) is 11.5 Å². The molecule has 0 saturated carbocycles. The van der Waals surface area contributed by atoms with E-state index in [1.54, 1.807) is 30.5 Å². The molecule has 3 rings (SSSR count). The lowest BCUT2D eigenvalue weighted by molar-refractivity contribution is -0.142. The van der Waals surface area contributed by atoms with Crippen molar-refractivity contribution < 1.29 is 23.8 Å². The fourth-order valence-corrected chi connectivity index (χ4v) is 3.89. The number of rotatable bonds is 7. The first kappa shape index (κ1) is 18.5. The van der Waals surface area contributed by atoms with Gasteiger partial charge in [-0.25, -0.2) is 4.98 Å². The summed E-state index contributed by atoms with van der Waals surface area (Å²) in [6, 6.07) is 5.30. The van der Waals surface area contributed by atoms with Crippen molar-refractivity contribution in [3.05, 3.63) is 29.3 Å². The lowest BCUT2D eigenvalue weighted by Crippen LogP contribution is -2.17. The standard InChI is InChI=1S/C17H18N2O5S2/c1-2-22-16(21)8-12-9-25-17(19-12)26-10-15(20)18-11-3-4-13-14(7-11)24-6-5-23-13/h3-4,7,9H,2,5-6,8,10H2,1H3,(H,18,20). The molecule has 0 radical (unpaired) electrons.